The summed E-state index contributed by atoms with van der Waals surface area (Å²) in [7, 11) is 0. The van der Waals surface area contributed by atoms with Gasteiger partial charge in [-0.3, -0.25) is 0 Å². The number of rotatable bonds is 2. The monoisotopic (exact) mass is 203 g/mol. The van der Waals surface area contributed by atoms with E-state index in [2.05, 4.69) is 29.1 Å². The highest BCUT2D eigenvalue weighted by Crippen LogP contribution is 2.37. The Bertz CT molecular complexity index is 394. The van der Waals surface area contributed by atoms with Gasteiger partial charge in [-0.25, -0.2) is 9.97 Å². The number of hydrogen-bond donors (Lipinski definition) is 1. The fraction of sp³-hybridized carbons (Fsp3) is 0.667. The molecule has 0 amide bonds. The lowest BCUT2D eigenvalue weighted by Crippen LogP contribution is -2.16. The van der Waals surface area contributed by atoms with Gasteiger partial charge in [0.15, 0.2) is 0 Å². The van der Waals surface area contributed by atoms with E-state index in [4.69, 9.17) is 0 Å². The topological polar surface area (TPSA) is 37.8 Å². The second kappa shape index (κ2) is 2.94. The van der Waals surface area contributed by atoms with Gasteiger partial charge in [-0.1, -0.05) is 13.8 Å². The maximum Gasteiger partial charge on any atom is 0.223 e. The lowest BCUT2D eigenvalue weighted by molar-refractivity contribution is 0.509. The molecule has 0 saturated heterocycles. The average Bonchev–Trinajstić information content (AvgIpc) is 2.95. The SMILES string of the molecule is CC1(C)CCc2cnc(NC3CC3)nc21. The molecule has 0 radical (unpaired) electrons. The zero-order valence-electron chi connectivity index (χ0n) is 9.38. The fourth-order valence-electron chi connectivity index (χ4n) is 2.22. The third-order valence-corrected chi connectivity index (χ3v) is 3.44. The first kappa shape index (κ1) is 9.13. The quantitative estimate of drug-likeness (QED) is 0.801. The van der Waals surface area contributed by atoms with Gasteiger partial charge in [0.25, 0.3) is 0 Å². The minimum atomic E-state index is 0.234. The highest BCUT2D eigenvalue weighted by Gasteiger charge is 2.32. The van der Waals surface area contributed by atoms with Gasteiger partial charge in [-0.2, -0.15) is 0 Å². The van der Waals surface area contributed by atoms with E-state index in [1.807, 2.05) is 6.20 Å². The van der Waals surface area contributed by atoms with Crippen LogP contribution in [0.15, 0.2) is 6.20 Å². The van der Waals surface area contributed by atoms with Gasteiger partial charge in [0.1, 0.15) is 0 Å². The number of nitrogens with zero attached hydrogens (tertiary/aromatic N) is 2. The van der Waals surface area contributed by atoms with Gasteiger partial charge in [0.05, 0.1) is 5.69 Å². The van der Waals surface area contributed by atoms with Crippen molar-refractivity contribution in [3.63, 3.8) is 0 Å². The number of aromatic nitrogens is 2. The molecule has 0 spiro atoms. The summed E-state index contributed by atoms with van der Waals surface area (Å²) in [5.74, 6) is 0.825. The van der Waals surface area contributed by atoms with Gasteiger partial charge < -0.3 is 5.32 Å². The van der Waals surface area contributed by atoms with Crippen molar-refractivity contribution < 1.29 is 0 Å². The standard InChI is InChI=1S/C12H17N3/c1-12(2)6-5-8-7-13-11(15-10(8)12)14-9-3-4-9/h7,9H,3-6H2,1-2H3,(H,13,14,15). The summed E-state index contributed by atoms with van der Waals surface area (Å²) in [6.07, 6.45) is 6.87. The Kier molecular flexibility index (Phi) is 1.79. The molecule has 3 heteroatoms. The van der Waals surface area contributed by atoms with E-state index in [0.717, 1.165) is 12.4 Å². The molecular weight excluding hydrogens is 186 g/mol. The third kappa shape index (κ3) is 1.60. The van der Waals surface area contributed by atoms with E-state index in [0.29, 0.717) is 6.04 Å². The Labute approximate surface area is 90.3 Å². The van der Waals surface area contributed by atoms with E-state index >= 15 is 0 Å². The number of anilines is 1. The number of hydrogen-bond acceptors (Lipinski definition) is 3. The van der Waals surface area contributed by atoms with Crippen LogP contribution in [-0.4, -0.2) is 16.0 Å². The first-order valence-electron chi connectivity index (χ1n) is 5.78. The van der Waals surface area contributed by atoms with Crippen LogP contribution < -0.4 is 5.32 Å². The minimum Gasteiger partial charge on any atom is -0.351 e. The first-order chi connectivity index (χ1) is 7.15. The summed E-state index contributed by atoms with van der Waals surface area (Å²) in [5, 5.41) is 3.36. The predicted molar refractivity (Wildman–Crippen MR) is 60.0 cm³/mol. The summed E-state index contributed by atoms with van der Waals surface area (Å²) in [4.78, 5) is 9.04. The normalized spacial score (nSPS) is 22.5. The van der Waals surface area contributed by atoms with Crippen molar-refractivity contribution in [3.05, 3.63) is 17.5 Å². The largest absolute Gasteiger partial charge is 0.351 e. The van der Waals surface area contributed by atoms with Crippen LogP contribution >= 0.6 is 0 Å². The Morgan fingerprint density at radius 3 is 2.93 bits per heavy atom. The van der Waals surface area contributed by atoms with Crippen LogP contribution in [0.1, 0.15) is 44.4 Å². The molecule has 1 heterocycles. The summed E-state index contributed by atoms with van der Waals surface area (Å²) in [6, 6.07) is 0.632. The molecule has 0 atom stereocenters. The number of nitrogens with one attached hydrogen (secondary N) is 1. The molecule has 1 saturated carbocycles. The molecule has 1 aromatic rings. The molecule has 1 fully saturated rings. The van der Waals surface area contributed by atoms with Crippen molar-refractivity contribution >= 4 is 5.95 Å². The van der Waals surface area contributed by atoms with Crippen LogP contribution in [-0.2, 0) is 11.8 Å². The average molecular weight is 203 g/mol. The Balaban J connectivity index is 1.93. The minimum absolute atomic E-state index is 0.234. The lowest BCUT2D eigenvalue weighted by Gasteiger charge is -2.17. The van der Waals surface area contributed by atoms with Crippen molar-refractivity contribution in [2.24, 2.45) is 0 Å². The van der Waals surface area contributed by atoms with Crippen molar-refractivity contribution in [3.8, 4) is 0 Å². The maximum atomic E-state index is 4.66. The fourth-order valence-corrected chi connectivity index (χ4v) is 2.22. The van der Waals surface area contributed by atoms with Gasteiger partial charge in [0.2, 0.25) is 5.95 Å². The first-order valence-corrected chi connectivity index (χ1v) is 5.78. The van der Waals surface area contributed by atoms with Crippen LogP contribution in [0.2, 0.25) is 0 Å². The molecule has 15 heavy (non-hydrogen) atoms. The Hall–Kier alpha value is -1.12. The molecule has 0 aromatic carbocycles. The Morgan fingerprint density at radius 2 is 2.20 bits per heavy atom. The summed E-state index contributed by atoms with van der Waals surface area (Å²) in [6.45, 7) is 4.54. The van der Waals surface area contributed by atoms with E-state index < -0.39 is 0 Å². The Morgan fingerprint density at radius 1 is 1.40 bits per heavy atom. The van der Waals surface area contributed by atoms with Crippen LogP contribution in [0.25, 0.3) is 0 Å². The van der Waals surface area contributed by atoms with E-state index in [1.54, 1.807) is 0 Å². The van der Waals surface area contributed by atoms with Crippen molar-refractivity contribution in [2.45, 2.75) is 51.0 Å². The number of fused-ring (bicyclic) bond motifs is 1. The van der Waals surface area contributed by atoms with Gasteiger partial charge in [-0.15, -0.1) is 0 Å². The summed E-state index contributed by atoms with van der Waals surface area (Å²) >= 11 is 0. The predicted octanol–water partition coefficient (Wildman–Crippen LogP) is 2.27. The van der Waals surface area contributed by atoms with Gasteiger partial charge in [0, 0.05) is 17.7 Å². The van der Waals surface area contributed by atoms with Crippen LogP contribution in [0.5, 0.6) is 0 Å². The molecule has 80 valence electrons. The van der Waals surface area contributed by atoms with Crippen molar-refractivity contribution in [1.82, 2.24) is 9.97 Å². The molecule has 0 unspecified atom stereocenters. The van der Waals surface area contributed by atoms with Crippen molar-refractivity contribution in [1.29, 1.82) is 0 Å². The van der Waals surface area contributed by atoms with Crippen LogP contribution in [0.3, 0.4) is 0 Å². The molecule has 1 N–H and O–H groups in total. The molecular formula is C12H17N3. The summed E-state index contributed by atoms with van der Waals surface area (Å²) < 4.78 is 0. The zero-order chi connectivity index (χ0) is 10.5. The molecule has 3 nitrogen and oxygen atoms in total. The second-order valence-electron chi connectivity index (χ2n) is 5.37. The van der Waals surface area contributed by atoms with Crippen LogP contribution in [0.4, 0.5) is 5.95 Å². The van der Waals surface area contributed by atoms with E-state index in [1.165, 1.54) is 30.5 Å². The van der Waals surface area contributed by atoms with Crippen LogP contribution in [0, 0.1) is 0 Å². The van der Waals surface area contributed by atoms with Gasteiger partial charge >= 0.3 is 0 Å². The van der Waals surface area contributed by atoms with E-state index in [-0.39, 0.29) is 5.41 Å². The second-order valence-corrected chi connectivity index (χ2v) is 5.37. The lowest BCUT2D eigenvalue weighted by atomic mass is 9.91. The molecule has 3 rings (SSSR count). The smallest absolute Gasteiger partial charge is 0.223 e. The van der Waals surface area contributed by atoms with E-state index in [9.17, 15) is 0 Å². The molecule has 2 aliphatic carbocycles. The summed E-state index contributed by atoms with van der Waals surface area (Å²) in [5.41, 5.74) is 2.82. The highest BCUT2D eigenvalue weighted by molar-refractivity contribution is 5.38. The van der Waals surface area contributed by atoms with Crippen molar-refractivity contribution in [2.75, 3.05) is 5.32 Å². The molecule has 1 aromatic heterocycles. The maximum absolute atomic E-state index is 4.66. The zero-order valence-corrected chi connectivity index (χ0v) is 9.38. The molecule has 0 bridgehead atoms. The molecule has 0 aliphatic heterocycles. The molecule has 2 aliphatic rings. The third-order valence-electron chi connectivity index (χ3n) is 3.44. The number of aryl methyl sites for hydroxylation is 1. The van der Waals surface area contributed by atoms with Gasteiger partial charge in [-0.05, 0) is 31.2 Å². The highest BCUT2D eigenvalue weighted by atomic mass is 15.1.